The molecule has 1 aromatic carbocycles. The summed E-state index contributed by atoms with van der Waals surface area (Å²) >= 11 is 3.42. The van der Waals surface area contributed by atoms with Crippen LogP contribution in [0, 0.1) is 5.92 Å². The summed E-state index contributed by atoms with van der Waals surface area (Å²) in [6, 6.07) is 9.68. The van der Waals surface area contributed by atoms with Gasteiger partial charge in [-0.15, -0.1) is 0 Å². The van der Waals surface area contributed by atoms with Crippen molar-refractivity contribution >= 4 is 21.8 Å². The maximum atomic E-state index is 12.8. The number of aromatic amines is 1. The van der Waals surface area contributed by atoms with Gasteiger partial charge in [0.05, 0.1) is 18.9 Å². The maximum absolute atomic E-state index is 12.8. The number of piperidine rings is 1. The number of amides is 1. The van der Waals surface area contributed by atoms with Gasteiger partial charge in [0.1, 0.15) is 5.69 Å². The molecule has 0 bridgehead atoms. The van der Waals surface area contributed by atoms with Crippen molar-refractivity contribution in [3.8, 4) is 11.3 Å². The molecule has 0 radical (unpaired) electrons. The van der Waals surface area contributed by atoms with E-state index in [1.807, 2.05) is 35.2 Å². The van der Waals surface area contributed by atoms with Crippen molar-refractivity contribution in [2.24, 2.45) is 5.92 Å². The summed E-state index contributed by atoms with van der Waals surface area (Å²) in [5.74, 6) is 0.229. The lowest BCUT2D eigenvalue weighted by Gasteiger charge is -2.34. The molecule has 1 N–H and O–H groups in total. The summed E-state index contributed by atoms with van der Waals surface area (Å²) in [4.78, 5) is 14.7. The van der Waals surface area contributed by atoms with E-state index in [0.717, 1.165) is 35.1 Å². The Labute approximate surface area is 154 Å². The van der Waals surface area contributed by atoms with Gasteiger partial charge in [0.25, 0.3) is 5.91 Å². The fourth-order valence-electron chi connectivity index (χ4n) is 3.44. The molecule has 6 nitrogen and oxygen atoms in total. The average molecular weight is 406 g/mol. The lowest BCUT2D eigenvalue weighted by molar-refractivity contribution is -0.0969. The number of carbonyl (C=O) groups excluding carboxylic acids is 1. The van der Waals surface area contributed by atoms with Gasteiger partial charge in [0.15, 0.2) is 6.29 Å². The Hall–Kier alpha value is -1.70. The molecule has 2 aromatic rings. The SMILES string of the molecule is O=C(c1cc(-c2ccc(Br)cc2)n[nH]1)N1CCCC(C2OCCO2)C1. The maximum Gasteiger partial charge on any atom is 0.271 e. The van der Waals surface area contributed by atoms with Crippen LogP contribution in [0.5, 0.6) is 0 Å². The van der Waals surface area contributed by atoms with Crippen LogP contribution in [0.4, 0.5) is 0 Å². The minimum Gasteiger partial charge on any atom is -0.350 e. The normalized spacial score (nSPS) is 21.6. The summed E-state index contributed by atoms with van der Waals surface area (Å²) in [6.07, 6.45) is 1.82. The molecule has 2 fully saturated rings. The Morgan fingerprint density at radius 1 is 1.24 bits per heavy atom. The lowest BCUT2D eigenvalue weighted by atomic mass is 9.97. The number of nitrogens with zero attached hydrogens (tertiary/aromatic N) is 2. The van der Waals surface area contributed by atoms with Gasteiger partial charge in [0.2, 0.25) is 0 Å². The Morgan fingerprint density at radius 2 is 2.00 bits per heavy atom. The number of H-pyrrole nitrogens is 1. The zero-order chi connectivity index (χ0) is 17.2. The highest BCUT2D eigenvalue weighted by atomic mass is 79.9. The van der Waals surface area contributed by atoms with Crippen LogP contribution in [0.25, 0.3) is 11.3 Å². The van der Waals surface area contributed by atoms with Gasteiger partial charge in [-0.05, 0) is 31.0 Å². The van der Waals surface area contributed by atoms with Crippen molar-refractivity contribution in [2.45, 2.75) is 19.1 Å². The number of benzene rings is 1. The van der Waals surface area contributed by atoms with E-state index in [2.05, 4.69) is 26.1 Å². The van der Waals surface area contributed by atoms with Crippen LogP contribution in [-0.4, -0.2) is 53.6 Å². The molecule has 1 atom stereocenters. The Balaban J connectivity index is 1.46. The van der Waals surface area contributed by atoms with Crippen LogP contribution in [0.15, 0.2) is 34.8 Å². The fourth-order valence-corrected chi connectivity index (χ4v) is 3.70. The highest BCUT2D eigenvalue weighted by Crippen LogP contribution is 2.26. The molecule has 1 amide bonds. The zero-order valence-corrected chi connectivity index (χ0v) is 15.4. The topological polar surface area (TPSA) is 67.5 Å². The summed E-state index contributed by atoms with van der Waals surface area (Å²) < 4.78 is 12.2. The van der Waals surface area contributed by atoms with E-state index in [9.17, 15) is 4.79 Å². The zero-order valence-electron chi connectivity index (χ0n) is 13.8. The minimum atomic E-state index is -0.171. The molecule has 0 aliphatic carbocycles. The van der Waals surface area contributed by atoms with Gasteiger partial charge in [-0.3, -0.25) is 9.89 Å². The first kappa shape index (κ1) is 16.8. The van der Waals surface area contributed by atoms with Crippen LogP contribution in [0.3, 0.4) is 0 Å². The number of ether oxygens (including phenoxy) is 2. The van der Waals surface area contributed by atoms with Crippen molar-refractivity contribution in [3.63, 3.8) is 0 Å². The Bertz CT molecular complexity index is 740. The molecule has 2 aliphatic rings. The summed E-state index contributed by atoms with van der Waals surface area (Å²) in [5, 5.41) is 7.18. The quantitative estimate of drug-likeness (QED) is 0.851. The van der Waals surface area contributed by atoms with E-state index in [0.29, 0.717) is 25.5 Å². The molecule has 2 aliphatic heterocycles. The van der Waals surface area contributed by atoms with Crippen molar-refractivity contribution in [1.29, 1.82) is 0 Å². The largest absolute Gasteiger partial charge is 0.350 e. The number of rotatable bonds is 3. The predicted molar refractivity (Wildman–Crippen MR) is 96.0 cm³/mol. The Kier molecular flexibility index (Phi) is 4.87. The molecular formula is C18H20BrN3O3. The summed E-state index contributed by atoms with van der Waals surface area (Å²) in [5.41, 5.74) is 2.27. The molecule has 1 aromatic heterocycles. The number of halogens is 1. The predicted octanol–water partition coefficient (Wildman–Crippen LogP) is 3.06. The third kappa shape index (κ3) is 3.63. The number of hydrogen-bond donors (Lipinski definition) is 1. The molecule has 25 heavy (non-hydrogen) atoms. The first-order chi connectivity index (χ1) is 12.2. The first-order valence-corrected chi connectivity index (χ1v) is 9.34. The number of aromatic nitrogens is 2. The fraction of sp³-hybridized carbons (Fsp3) is 0.444. The molecule has 4 rings (SSSR count). The van der Waals surface area contributed by atoms with Crippen LogP contribution < -0.4 is 0 Å². The summed E-state index contributed by atoms with van der Waals surface area (Å²) in [7, 11) is 0. The first-order valence-electron chi connectivity index (χ1n) is 8.54. The van der Waals surface area contributed by atoms with E-state index < -0.39 is 0 Å². The molecule has 7 heteroatoms. The van der Waals surface area contributed by atoms with Crippen molar-refractivity contribution in [1.82, 2.24) is 15.1 Å². The molecule has 3 heterocycles. The van der Waals surface area contributed by atoms with Crippen LogP contribution in [0.1, 0.15) is 23.3 Å². The Morgan fingerprint density at radius 3 is 2.76 bits per heavy atom. The van der Waals surface area contributed by atoms with Crippen molar-refractivity contribution < 1.29 is 14.3 Å². The van der Waals surface area contributed by atoms with E-state index >= 15 is 0 Å². The van der Waals surface area contributed by atoms with E-state index in [1.54, 1.807) is 0 Å². The van der Waals surface area contributed by atoms with E-state index in [-0.39, 0.29) is 18.1 Å². The lowest BCUT2D eigenvalue weighted by Crippen LogP contribution is -2.44. The second-order valence-electron chi connectivity index (χ2n) is 6.44. The number of hydrogen-bond acceptors (Lipinski definition) is 4. The average Bonchev–Trinajstić information content (AvgIpc) is 3.34. The van der Waals surface area contributed by atoms with Gasteiger partial charge in [-0.2, -0.15) is 5.10 Å². The highest BCUT2D eigenvalue weighted by Gasteiger charge is 2.33. The van der Waals surface area contributed by atoms with Crippen molar-refractivity contribution in [3.05, 3.63) is 40.5 Å². The molecule has 1 unspecified atom stereocenters. The van der Waals surface area contributed by atoms with Crippen LogP contribution >= 0.6 is 15.9 Å². The molecule has 2 saturated heterocycles. The van der Waals surface area contributed by atoms with E-state index in [1.165, 1.54) is 0 Å². The van der Waals surface area contributed by atoms with Gasteiger partial charge in [0, 0.05) is 29.0 Å². The third-order valence-corrected chi connectivity index (χ3v) is 5.25. The summed E-state index contributed by atoms with van der Waals surface area (Å²) in [6.45, 7) is 2.71. The van der Waals surface area contributed by atoms with Gasteiger partial charge in [-0.25, -0.2) is 0 Å². The van der Waals surface area contributed by atoms with Crippen LogP contribution in [0.2, 0.25) is 0 Å². The number of carbonyl (C=O) groups is 1. The number of nitrogens with one attached hydrogen (secondary N) is 1. The third-order valence-electron chi connectivity index (χ3n) is 4.73. The highest BCUT2D eigenvalue weighted by molar-refractivity contribution is 9.10. The second-order valence-corrected chi connectivity index (χ2v) is 7.35. The monoisotopic (exact) mass is 405 g/mol. The molecule has 132 valence electrons. The van der Waals surface area contributed by atoms with Gasteiger partial charge < -0.3 is 14.4 Å². The standard InChI is InChI=1S/C18H20BrN3O3/c19-14-5-3-12(4-6-14)15-10-16(21-20-15)17(23)22-7-1-2-13(11-22)18-24-8-9-25-18/h3-6,10,13,18H,1-2,7-9,11H2,(H,20,21). The molecule has 0 saturated carbocycles. The van der Waals surface area contributed by atoms with Crippen molar-refractivity contribution in [2.75, 3.05) is 26.3 Å². The van der Waals surface area contributed by atoms with Gasteiger partial charge in [-0.1, -0.05) is 28.1 Å². The molecular weight excluding hydrogens is 386 g/mol. The van der Waals surface area contributed by atoms with E-state index in [4.69, 9.17) is 9.47 Å². The molecule has 0 spiro atoms. The van der Waals surface area contributed by atoms with Gasteiger partial charge >= 0.3 is 0 Å². The smallest absolute Gasteiger partial charge is 0.271 e. The minimum absolute atomic E-state index is 0.0152. The number of likely N-dealkylation sites (tertiary alicyclic amines) is 1. The van der Waals surface area contributed by atoms with Crippen LogP contribution in [-0.2, 0) is 9.47 Å². The second kappa shape index (κ2) is 7.27.